The van der Waals surface area contributed by atoms with Gasteiger partial charge in [0.15, 0.2) is 4.21 Å². The molecule has 0 unspecified atom stereocenters. The highest BCUT2D eigenvalue weighted by molar-refractivity contribution is 7.92. The van der Waals surface area contributed by atoms with Crippen molar-refractivity contribution in [1.82, 2.24) is 19.6 Å². The van der Waals surface area contributed by atoms with E-state index in [2.05, 4.69) is 14.7 Å². The minimum atomic E-state index is -3.94. The molecule has 1 aliphatic rings. The standard InChI is InChI=1S/C19H16ClN5O3S3/c20-14-11-3-1-2-4-13(11)30-19(14)31(27,28)24-12-5-6-25(18(12)26)7-10-8-29-16-15(10)22-9-23-17(16)21/h1-4,8-9,12,24H,5-7H2,(H2,21,22,23)/t12-/m0/s1. The van der Waals surface area contributed by atoms with Gasteiger partial charge in [-0.1, -0.05) is 29.8 Å². The number of likely N-dealkylation sites (tertiary alicyclic amines) is 1. The van der Waals surface area contributed by atoms with Gasteiger partial charge in [-0.3, -0.25) is 4.79 Å². The minimum absolute atomic E-state index is 0.0256. The van der Waals surface area contributed by atoms with E-state index in [9.17, 15) is 13.2 Å². The van der Waals surface area contributed by atoms with E-state index in [1.54, 1.807) is 17.0 Å². The Morgan fingerprint density at radius 2 is 2.10 bits per heavy atom. The van der Waals surface area contributed by atoms with Crippen molar-refractivity contribution in [2.75, 3.05) is 12.3 Å². The number of hydrogen-bond acceptors (Lipinski definition) is 8. The zero-order chi connectivity index (χ0) is 21.8. The van der Waals surface area contributed by atoms with Crippen LogP contribution in [-0.4, -0.2) is 41.8 Å². The zero-order valence-electron chi connectivity index (χ0n) is 15.9. The SMILES string of the molecule is Nc1ncnc2c(CN3CC[C@H](NS(=O)(=O)c4sc5ccccc5c4Cl)C3=O)csc12. The summed E-state index contributed by atoms with van der Waals surface area (Å²) in [6.45, 7) is 0.765. The maximum absolute atomic E-state index is 13.0. The third-order valence-electron chi connectivity index (χ3n) is 5.16. The minimum Gasteiger partial charge on any atom is -0.382 e. The number of sulfonamides is 1. The van der Waals surface area contributed by atoms with Crippen LogP contribution in [0.4, 0.5) is 5.82 Å². The van der Waals surface area contributed by atoms with Crippen LogP contribution >= 0.6 is 34.3 Å². The van der Waals surface area contributed by atoms with Gasteiger partial charge in [-0.2, -0.15) is 4.72 Å². The Labute approximate surface area is 190 Å². The molecule has 0 spiro atoms. The summed E-state index contributed by atoms with van der Waals surface area (Å²) in [6, 6.07) is 6.38. The van der Waals surface area contributed by atoms with Gasteiger partial charge < -0.3 is 10.6 Å². The number of halogens is 1. The molecule has 1 aromatic carbocycles. The number of fused-ring (bicyclic) bond motifs is 2. The summed E-state index contributed by atoms with van der Waals surface area (Å²) in [4.78, 5) is 22.8. The Kier molecular flexibility index (Phi) is 5.10. The predicted molar refractivity (Wildman–Crippen MR) is 123 cm³/mol. The van der Waals surface area contributed by atoms with Crippen LogP contribution in [0.5, 0.6) is 0 Å². The molecule has 12 heteroatoms. The van der Waals surface area contributed by atoms with Crippen LogP contribution < -0.4 is 10.5 Å². The van der Waals surface area contributed by atoms with Crippen LogP contribution in [0.2, 0.25) is 5.02 Å². The van der Waals surface area contributed by atoms with Gasteiger partial charge in [-0.25, -0.2) is 18.4 Å². The molecule has 0 aliphatic carbocycles. The highest BCUT2D eigenvalue weighted by Gasteiger charge is 2.36. The first-order valence-corrected chi connectivity index (χ1v) is 12.9. The summed E-state index contributed by atoms with van der Waals surface area (Å²) in [7, 11) is -3.94. The molecule has 3 aromatic heterocycles. The lowest BCUT2D eigenvalue weighted by Crippen LogP contribution is -2.41. The summed E-state index contributed by atoms with van der Waals surface area (Å²) < 4.78 is 30.1. The Hall–Kier alpha value is -2.31. The van der Waals surface area contributed by atoms with E-state index in [4.69, 9.17) is 17.3 Å². The molecule has 31 heavy (non-hydrogen) atoms. The van der Waals surface area contributed by atoms with Crippen molar-refractivity contribution in [3.05, 3.63) is 46.6 Å². The molecule has 8 nitrogen and oxygen atoms in total. The Morgan fingerprint density at radius 3 is 2.90 bits per heavy atom. The number of carbonyl (C=O) groups is 1. The lowest BCUT2D eigenvalue weighted by molar-refractivity contribution is -0.129. The Bertz CT molecular complexity index is 1430. The second-order valence-corrected chi connectivity index (χ2v) is 11.3. The van der Waals surface area contributed by atoms with Crippen LogP contribution in [0.1, 0.15) is 12.0 Å². The number of benzene rings is 1. The maximum atomic E-state index is 13.0. The predicted octanol–water partition coefficient (Wildman–Crippen LogP) is 3.22. The fraction of sp³-hybridized carbons (Fsp3) is 0.211. The second kappa shape index (κ2) is 7.68. The van der Waals surface area contributed by atoms with Crippen molar-refractivity contribution in [3.8, 4) is 0 Å². The third-order valence-corrected chi connectivity index (χ3v) is 9.98. The van der Waals surface area contributed by atoms with Crippen molar-refractivity contribution in [3.63, 3.8) is 0 Å². The lowest BCUT2D eigenvalue weighted by Gasteiger charge is -2.16. The van der Waals surface area contributed by atoms with Crippen LogP contribution in [0.3, 0.4) is 0 Å². The van der Waals surface area contributed by atoms with Gasteiger partial charge in [0.25, 0.3) is 10.0 Å². The van der Waals surface area contributed by atoms with Gasteiger partial charge in [0.2, 0.25) is 5.91 Å². The normalized spacial score (nSPS) is 17.3. The van der Waals surface area contributed by atoms with Crippen LogP contribution in [0.15, 0.2) is 40.2 Å². The molecular weight excluding hydrogens is 478 g/mol. The number of nitrogens with two attached hydrogens (primary N) is 1. The number of aromatic nitrogens is 2. The molecule has 0 radical (unpaired) electrons. The number of anilines is 1. The number of thiophene rings is 2. The van der Waals surface area contributed by atoms with Crippen LogP contribution in [0, 0.1) is 0 Å². The van der Waals surface area contributed by atoms with Crippen LogP contribution in [-0.2, 0) is 21.4 Å². The highest BCUT2D eigenvalue weighted by Crippen LogP contribution is 2.38. The van der Waals surface area contributed by atoms with Crippen molar-refractivity contribution >= 4 is 76.3 Å². The lowest BCUT2D eigenvalue weighted by atomic mass is 10.2. The summed E-state index contributed by atoms with van der Waals surface area (Å²) in [6.07, 6.45) is 1.77. The molecule has 160 valence electrons. The van der Waals surface area contributed by atoms with Gasteiger partial charge >= 0.3 is 0 Å². The molecule has 1 saturated heterocycles. The first-order chi connectivity index (χ1) is 14.8. The average molecular weight is 494 g/mol. The maximum Gasteiger partial charge on any atom is 0.252 e. The molecule has 1 atom stereocenters. The highest BCUT2D eigenvalue weighted by atomic mass is 35.5. The molecular formula is C19H16ClN5O3S3. The number of hydrogen-bond donors (Lipinski definition) is 2. The van der Waals surface area contributed by atoms with Crippen LogP contribution in [0.25, 0.3) is 20.3 Å². The van der Waals surface area contributed by atoms with E-state index >= 15 is 0 Å². The van der Waals surface area contributed by atoms with E-state index in [1.807, 2.05) is 17.5 Å². The summed E-state index contributed by atoms with van der Waals surface area (Å²) in [5, 5.41) is 2.76. The zero-order valence-corrected chi connectivity index (χ0v) is 19.1. The monoisotopic (exact) mass is 493 g/mol. The smallest absolute Gasteiger partial charge is 0.252 e. The van der Waals surface area contributed by atoms with Crippen molar-refractivity contribution in [1.29, 1.82) is 0 Å². The quantitative estimate of drug-likeness (QED) is 0.440. The molecule has 3 N–H and O–H groups in total. The van der Waals surface area contributed by atoms with E-state index < -0.39 is 16.1 Å². The molecule has 0 saturated carbocycles. The first kappa shape index (κ1) is 20.6. The number of nitrogens with one attached hydrogen (secondary N) is 1. The number of carbonyl (C=O) groups excluding carboxylic acids is 1. The molecule has 1 fully saturated rings. The Balaban J connectivity index is 1.35. The number of rotatable bonds is 5. The van der Waals surface area contributed by atoms with Gasteiger partial charge in [-0.15, -0.1) is 22.7 Å². The van der Waals surface area contributed by atoms with Crippen molar-refractivity contribution in [2.24, 2.45) is 0 Å². The van der Waals surface area contributed by atoms with Gasteiger partial charge in [0, 0.05) is 28.7 Å². The van der Waals surface area contributed by atoms with E-state index in [1.165, 1.54) is 17.7 Å². The molecule has 1 amide bonds. The number of nitrogens with zero attached hydrogens (tertiary/aromatic N) is 3. The largest absolute Gasteiger partial charge is 0.382 e. The van der Waals surface area contributed by atoms with Crippen molar-refractivity contribution in [2.45, 2.75) is 23.2 Å². The Morgan fingerprint density at radius 1 is 1.29 bits per heavy atom. The van der Waals surface area contributed by atoms with E-state index in [0.717, 1.165) is 26.3 Å². The van der Waals surface area contributed by atoms with E-state index in [-0.39, 0.29) is 15.1 Å². The molecule has 1 aliphatic heterocycles. The summed E-state index contributed by atoms with van der Waals surface area (Å²) in [5.74, 6) is 0.127. The summed E-state index contributed by atoms with van der Waals surface area (Å²) in [5.41, 5.74) is 7.46. The molecule has 4 aromatic rings. The molecule has 0 bridgehead atoms. The fourth-order valence-corrected chi connectivity index (χ4v) is 7.93. The number of nitrogen functional groups attached to an aromatic ring is 1. The fourth-order valence-electron chi connectivity index (χ4n) is 3.65. The molecule has 5 rings (SSSR count). The number of amides is 1. The van der Waals surface area contributed by atoms with Gasteiger partial charge in [0.05, 0.1) is 15.2 Å². The van der Waals surface area contributed by atoms with Gasteiger partial charge in [-0.05, 0) is 17.9 Å². The van der Waals surface area contributed by atoms with E-state index in [0.29, 0.717) is 36.2 Å². The third kappa shape index (κ3) is 3.56. The molecule has 4 heterocycles. The topological polar surface area (TPSA) is 118 Å². The van der Waals surface area contributed by atoms with Crippen molar-refractivity contribution < 1.29 is 13.2 Å². The summed E-state index contributed by atoms with van der Waals surface area (Å²) >= 11 is 8.84. The first-order valence-electron chi connectivity index (χ1n) is 9.30. The average Bonchev–Trinajstić information content (AvgIpc) is 3.41. The van der Waals surface area contributed by atoms with Gasteiger partial charge in [0.1, 0.15) is 18.2 Å². The second-order valence-electron chi connectivity index (χ2n) is 7.12.